The average Bonchev–Trinajstić information content (AvgIpc) is 2.91. The molecule has 0 N–H and O–H groups in total. The predicted octanol–water partition coefficient (Wildman–Crippen LogP) is 0.901. The Morgan fingerprint density at radius 1 is 1.23 bits per heavy atom. The van der Waals surface area contributed by atoms with Gasteiger partial charge in [-0.3, -0.25) is 0 Å². The number of epoxide rings is 2. The van der Waals surface area contributed by atoms with Gasteiger partial charge in [0, 0.05) is 0 Å². The van der Waals surface area contributed by atoms with Crippen LogP contribution in [-0.2, 0) is 18.9 Å². The fraction of sp³-hybridized carbons (Fsp3) is 1.00. The van der Waals surface area contributed by atoms with Crippen molar-refractivity contribution in [2.75, 3.05) is 19.8 Å². The Balaban J connectivity index is 1.63. The van der Waals surface area contributed by atoms with E-state index in [2.05, 4.69) is 0 Å². The second-order valence-electron chi connectivity index (χ2n) is 4.08. The average molecular weight is 188 g/mol. The molecule has 0 bridgehead atoms. The van der Waals surface area contributed by atoms with E-state index in [9.17, 15) is 0 Å². The van der Waals surface area contributed by atoms with Crippen molar-refractivity contribution in [3.8, 4) is 0 Å². The van der Waals surface area contributed by atoms with Gasteiger partial charge in [-0.25, -0.2) is 0 Å². The number of hydrogen-bond donors (Lipinski definition) is 0. The summed E-state index contributed by atoms with van der Waals surface area (Å²) in [5.74, 6) is -0.697. The molecular formula is C9H16O4. The zero-order valence-corrected chi connectivity index (χ0v) is 8.33. The SMILES string of the molecule is CC(COC1(C)CO1)OC1(C)CO1. The maximum absolute atomic E-state index is 5.57. The Morgan fingerprint density at radius 2 is 1.77 bits per heavy atom. The minimum atomic E-state index is -0.353. The van der Waals surface area contributed by atoms with Crippen LogP contribution in [0.15, 0.2) is 0 Å². The number of ether oxygens (including phenoxy) is 4. The second-order valence-corrected chi connectivity index (χ2v) is 4.08. The van der Waals surface area contributed by atoms with Crippen molar-refractivity contribution < 1.29 is 18.9 Å². The van der Waals surface area contributed by atoms with Gasteiger partial charge in [-0.15, -0.1) is 0 Å². The minimum Gasteiger partial charge on any atom is -0.345 e. The highest BCUT2D eigenvalue weighted by Gasteiger charge is 2.44. The van der Waals surface area contributed by atoms with Crippen molar-refractivity contribution in [3.63, 3.8) is 0 Å². The Hall–Kier alpha value is -0.160. The molecule has 0 amide bonds. The van der Waals surface area contributed by atoms with Crippen molar-refractivity contribution in [1.29, 1.82) is 0 Å². The molecule has 2 saturated heterocycles. The highest BCUT2D eigenvalue weighted by Crippen LogP contribution is 2.31. The van der Waals surface area contributed by atoms with Crippen LogP contribution in [0.2, 0.25) is 0 Å². The predicted molar refractivity (Wildman–Crippen MR) is 45.2 cm³/mol. The van der Waals surface area contributed by atoms with E-state index >= 15 is 0 Å². The molecule has 4 heteroatoms. The Kier molecular flexibility index (Phi) is 2.11. The van der Waals surface area contributed by atoms with E-state index in [4.69, 9.17) is 18.9 Å². The molecule has 0 aliphatic carbocycles. The van der Waals surface area contributed by atoms with Crippen molar-refractivity contribution in [2.24, 2.45) is 0 Å². The minimum absolute atomic E-state index is 0.0496. The first kappa shape index (κ1) is 9.40. The Labute approximate surface area is 78.1 Å². The van der Waals surface area contributed by atoms with Crippen LogP contribution in [-0.4, -0.2) is 37.5 Å². The van der Waals surface area contributed by atoms with E-state index in [-0.39, 0.29) is 17.7 Å². The molecule has 2 aliphatic rings. The maximum atomic E-state index is 5.57. The van der Waals surface area contributed by atoms with Gasteiger partial charge in [-0.05, 0) is 20.8 Å². The standard InChI is InChI=1S/C9H16O4/c1-7(13-9(3)6-12-9)4-10-8(2)5-11-8/h7H,4-6H2,1-3H3. The summed E-state index contributed by atoms with van der Waals surface area (Å²) in [6.07, 6.45) is 0.0496. The third kappa shape index (κ3) is 2.64. The van der Waals surface area contributed by atoms with E-state index < -0.39 is 0 Å². The first-order valence-corrected chi connectivity index (χ1v) is 4.61. The molecular weight excluding hydrogens is 172 g/mol. The van der Waals surface area contributed by atoms with Crippen molar-refractivity contribution >= 4 is 0 Å². The lowest BCUT2D eigenvalue weighted by Gasteiger charge is -2.17. The molecule has 0 saturated carbocycles. The first-order chi connectivity index (χ1) is 6.02. The van der Waals surface area contributed by atoms with Gasteiger partial charge < -0.3 is 18.9 Å². The summed E-state index contributed by atoms with van der Waals surface area (Å²) in [7, 11) is 0. The molecule has 0 spiro atoms. The molecule has 2 heterocycles. The molecule has 0 aromatic carbocycles. The van der Waals surface area contributed by atoms with Gasteiger partial charge in [-0.1, -0.05) is 0 Å². The van der Waals surface area contributed by atoms with Gasteiger partial charge >= 0.3 is 0 Å². The normalized spacial score (nSPS) is 44.5. The summed E-state index contributed by atoms with van der Waals surface area (Å²) in [4.78, 5) is 0. The van der Waals surface area contributed by atoms with Crippen LogP contribution < -0.4 is 0 Å². The van der Waals surface area contributed by atoms with Gasteiger partial charge in [0.15, 0.2) is 11.6 Å². The van der Waals surface area contributed by atoms with Crippen molar-refractivity contribution in [3.05, 3.63) is 0 Å². The number of rotatable bonds is 5. The van der Waals surface area contributed by atoms with Crippen molar-refractivity contribution in [1.82, 2.24) is 0 Å². The second kappa shape index (κ2) is 2.92. The first-order valence-electron chi connectivity index (χ1n) is 4.61. The van der Waals surface area contributed by atoms with E-state index in [1.54, 1.807) is 0 Å². The zero-order chi connectivity index (χ0) is 9.53. The topological polar surface area (TPSA) is 43.5 Å². The lowest BCUT2D eigenvalue weighted by atomic mass is 10.4. The quantitative estimate of drug-likeness (QED) is 0.601. The Morgan fingerprint density at radius 3 is 2.23 bits per heavy atom. The lowest BCUT2D eigenvalue weighted by Crippen LogP contribution is -2.26. The molecule has 0 aromatic heterocycles. The van der Waals surface area contributed by atoms with Crippen LogP contribution in [0.5, 0.6) is 0 Å². The van der Waals surface area contributed by atoms with E-state index in [1.165, 1.54) is 0 Å². The smallest absolute Gasteiger partial charge is 0.189 e. The third-order valence-electron chi connectivity index (χ3n) is 2.18. The summed E-state index contributed by atoms with van der Waals surface area (Å²) < 4.78 is 21.2. The summed E-state index contributed by atoms with van der Waals surface area (Å²) >= 11 is 0. The van der Waals surface area contributed by atoms with E-state index in [1.807, 2.05) is 20.8 Å². The summed E-state index contributed by atoms with van der Waals surface area (Å²) in [6, 6.07) is 0. The van der Waals surface area contributed by atoms with Crippen LogP contribution in [0.3, 0.4) is 0 Å². The van der Waals surface area contributed by atoms with Crippen LogP contribution in [0, 0.1) is 0 Å². The number of hydrogen-bond acceptors (Lipinski definition) is 4. The third-order valence-corrected chi connectivity index (χ3v) is 2.18. The molecule has 76 valence electrons. The van der Waals surface area contributed by atoms with Gasteiger partial charge in [0.1, 0.15) is 13.2 Å². The molecule has 3 unspecified atom stereocenters. The summed E-state index contributed by atoms with van der Waals surface area (Å²) in [5, 5.41) is 0. The molecule has 4 nitrogen and oxygen atoms in total. The van der Waals surface area contributed by atoms with Gasteiger partial charge in [0.2, 0.25) is 0 Å². The lowest BCUT2D eigenvalue weighted by molar-refractivity contribution is -0.127. The van der Waals surface area contributed by atoms with Crippen LogP contribution in [0.25, 0.3) is 0 Å². The Bertz CT molecular complexity index is 196. The van der Waals surface area contributed by atoms with Gasteiger partial charge in [-0.2, -0.15) is 0 Å². The zero-order valence-electron chi connectivity index (χ0n) is 8.33. The molecule has 0 radical (unpaired) electrons. The van der Waals surface area contributed by atoms with Gasteiger partial charge in [0.05, 0.1) is 12.7 Å². The largest absolute Gasteiger partial charge is 0.345 e. The molecule has 13 heavy (non-hydrogen) atoms. The summed E-state index contributed by atoms with van der Waals surface area (Å²) in [5.41, 5.74) is 0. The monoisotopic (exact) mass is 188 g/mol. The highest BCUT2D eigenvalue weighted by molar-refractivity contribution is 4.78. The van der Waals surface area contributed by atoms with Crippen molar-refractivity contribution in [2.45, 2.75) is 38.4 Å². The van der Waals surface area contributed by atoms with E-state index in [0.717, 1.165) is 0 Å². The fourth-order valence-electron chi connectivity index (χ4n) is 1.11. The molecule has 2 aliphatic heterocycles. The molecule has 3 atom stereocenters. The molecule has 2 fully saturated rings. The van der Waals surface area contributed by atoms with Crippen LogP contribution >= 0.6 is 0 Å². The van der Waals surface area contributed by atoms with Crippen LogP contribution in [0.1, 0.15) is 20.8 Å². The summed E-state index contributed by atoms with van der Waals surface area (Å²) in [6.45, 7) is 7.75. The highest BCUT2D eigenvalue weighted by atomic mass is 16.8. The van der Waals surface area contributed by atoms with Crippen LogP contribution in [0.4, 0.5) is 0 Å². The van der Waals surface area contributed by atoms with Gasteiger partial charge in [0.25, 0.3) is 0 Å². The fourth-order valence-corrected chi connectivity index (χ4v) is 1.11. The molecule has 0 aromatic rings. The molecule has 2 rings (SSSR count). The maximum Gasteiger partial charge on any atom is 0.189 e. The van der Waals surface area contributed by atoms with E-state index in [0.29, 0.717) is 19.8 Å².